The van der Waals surface area contributed by atoms with E-state index >= 15 is 0 Å². The normalized spacial score (nSPS) is 10.9. The molecule has 5 rings (SSSR count). The third-order valence-electron chi connectivity index (χ3n) is 4.42. The Bertz CT molecular complexity index is 829. The predicted octanol–water partition coefficient (Wildman–Crippen LogP) is 6.35. The van der Waals surface area contributed by atoms with Crippen LogP contribution in [0.1, 0.15) is 49.9 Å². The number of aliphatic hydroxyl groups excluding tert-OH is 2. The highest BCUT2D eigenvalue weighted by molar-refractivity contribution is 5.61. The van der Waals surface area contributed by atoms with E-state index in [9.17, 15) is 0 Å². The molecule has 0 saturated heterocycles. The van der Waals surface area contributed by atoms with Gasteiger partial charge in [-0.05, 0) is 34.9 Å². The molecule has 162 valence electrons. The molecule has 3 aromatic carbocycles. The third-order valence-corrected chi connectivity index (χ3v) is 4.42. The minimum atomic E-state index is 0.858. The van der Waals surface area contributed by atoms with Crippen molar-refractivity contribution >= 4 is 0 Å². The summed E-state index contributed by atoms with van der Waals surface area (Å²) in [5.41, 5.74) is 4.85. The second kappa shape index (κ2) is 13.4. The highest BCUT2D eigenvalue weighted by Gasteiger charge is 2.26. The predicted molar refractivity (Wildman–Crippen MR) is 124 cm³/mol. The van der Waals surface area contributed by atoms with Crippen molar-refractivity contribution in [3.63, 3.8) is 0 Å². The fourth-order valence-corrected chi connectivity index (χ4v) is 3.31. The summed E-state index contributed by atoms with van der Waals surface area (Å²) in [6.07, 6.45) is 1.78. The highest BCUT2D eigenvalue weighted by Crippen LogP contribution is 2.46. The topological polar surface area (TPSA) is 58.9 Å². The summed E-state index contributed by atoms with van der Waals surface area (Å²) in [6.45, 7) is 8.00. The molecule has 2 aliphatic heterocycles. The van der Waals surface area contributed by atoms with Crippen molar-refractivity contribution in [1.82, 2.24) is 0 Å². The molecule has 4 nitrogen and oxygen atoms in total. The zero-order chi connectivity index (χ0) is 22.5. The number of rotatable bonds is 0. The first-order chi connectivity index (χ1) is 14.9. The van der Waals surface area contributed by atoms with E-state index in [-0.39, 0.29) is 0 Å². The summed E-state index contributed by atoms with van der Waals surface area (Å²) in [5, 5.41) is 14.0. The Morgan fingerprint density at radius 2 is 1.03 bits per heavy atom. The van der Waals surface area contributed by atoms with Crippen molar-refractivity contribution < 1.29 is 19.7 Å². The van der Waals surface area contributed by atoms with Crippen LogP contribution in [0.2, 0.25) is 0 Å². The molecule has 2 aliphatic rings. The molecule has 0 bridgehead atoms. The van der Waals surface area contributed by atoms with Crippen LogP contribution < -0.4 is 9.47 Å². The number of aliphatic hydroxyl groups is 2. The maximum absolute atomic E-state index is 7.00. The Labute approximate surface area is 180 Å². The number of hydrogen-bond donors (Lipinski definition) is 2. The first kappa shape index (κ1) is 25.2. The second-order valence-corrected chi connectivity index (χ2v) is 5.80. The van der Waals surface area contributed by atoms with Gasteiger partial charge in [0.05, 0.1) is 0 Å². The monoisotopic (exact) mass is 410 g/mol. The highest BCUT2D eigenvalue weighted by atomic mass is 16.5. The van der Waals surface area contributed by atoms with Crippen molar-refractivity contribution in [2.75, 3.05) is 14.2 Å². The Morgan fingerprint density at radius 3 is 1.63 bits per heavy atom. The van der Waals surface area contributed by atoms with Gasteiger partial charge in [0.2, 0.25) is 0 Å². The maximum Gasteiger partial charge on any atom is 0.138 e. The lowest BCUT2D eigenvalue weighted by Gasteiger charge is -2.27. The van der Waals surface area contributed by atoms with Crippen molar-refractivity contribution in [3.05, 3.63) is 82.9 Å². The number of ether oxygens (including phenoxy) is 2. The molecule has 30 heavy (non-hydrogen) atoms. The van der Waals surface area contributed by atoms with Crippen molar-refractivity contribution in [3.8, 4) is 23.0 Å². The van der Waals surface area contributed by atoms with Gasteiger partial charge in [0.1, 0.15) is 23.0 Å². The molecule has 0 amide bonds. The lowest BCUT2D eigenvalue weighted by atomic mass is 9.93. The Morgan fingerprint density at radius 1 is 0.533 bits per heavy atom. The molecule has 3 aromatic rings. The fraction of sp³-hybridized carbons (Fsp3) is 0.308. The lowest BCUT2D eigenvalue weighted by molar-refractivity contribution is 0.399. The first-order valence-corrected chi connectivity index (χ1v) is 10.4. The van der Waals surface area contributed by atoms with Gasteiger partial charge in [-0.15, -0.1) is 0 Å². The van der Waals surface area contributed by atoms with E-state index < -0.39 is 0 Å². The van der Waals surface area contributed by atoms with Gasteiger partial charge in [-0.1, -0.05) is 70.2 Å². The lowest BCUT2D eigenvalue weighted by Crippen LogP contribution is -2.10. The molecule has 0 fully saturated rings. The van der Waals surface area contributed by atoms with Gasteiger partial charge in [0.25, 0.3) is 0 Å². The van der Waals surface area contributed by atoms with Crippen LogP contribution in [0.4, 0.5) is 0 Å². The summed E-state index contributed by atoms with van der Waals surface area (Å²) in [6, 6.07) is 20.6. The van der Waals surface area contributed by atoms with Crippen molar-refractivity contribution in [2.45, 2.75) is 40.5 Å². The molecule has 0 radical (unpaired) electrons. The average molecular weight is 411 g/mol. The van der Waals surface area contributed by atoms with Gasteiger partial charge in [-0.25, -0.2) is 0 Å². The van der Waals surface area contributed by atoms with Gasteiger partial charge in [-0.2, -0.15) is 0 Å². The molecule has 0 atom stereocenters. The van der Waals surface area contributed by atoms with Gasteiger partial charge >= 0.3 is 0 Å². The SMILES string of the molecule is CC.CC.CO.CO.c1ccc2c(c1)Cc1c(ccc3c1Oc1ccccc1C3)O2. The fourth-order valence-electron chi connectivity index (χ4n) is 3.31. The van der Waals surface area contributed by atoms with Gasteiger partial charge in [0.15, 0.2) is 0 Å². The smallest absolute Gasteiger partial charge is 0.138 e. The zero-order valence-electron chi connectivity index (χ0n) is 18.9. The van der Waals surface area contributed by atoms with Crippen LogP contribution in [0.25, 0.3) is 0 Å². The van der Waals surface area contributed by atoms with Crippen molar-refractivity contribution in [1.29, 1.82) is 0 Å². The third kappa shape index (κ3) is 5.41. The Hall–Kier alpha value is -2.82. The number of para-hydroxylation sites is 2. The molecular formula is C26H34O4. The summed E-state index contributed by atoms with van der Waals surface area (Å²) in [7, 11) is 2.00. The van der Waals surface area contributed by atoms with E-state index in [2.05, 4.69) is 36.4 Å². The van der Waals surface area contributed by atoms with Crippen LogP contribution in [0.15, 0.2) is 60.7 Å². The van der Waals surface area contributed by atoms with Crippen molar-refractivity contribution in [2.24, 2.45) is 0 Å². The van der Waals surface area contributed by atoms with E-state index in [0.717, 1.165) is 55.6 Å². The Kier molecular flexibility index (Phi) is 11.3. The van der Waals surface area contributed by atoms with Crippen LogP contribution in [-0.4, -0.2) is 24.4 Å². The standard InChI is InChI=1S/C20H14O2.2C2H6.2CH4O/c1-4-8-18-13(5-1)11-15-9-10-19-16(20(15)22-18)12-14-6-2-3-7-17(14)21-19;4*1-2/h1-10H,11-12H2;2*1-2H3;2*2H,1H3. The largest absolute Gasteiger partial charge is 0.457 e. The Balaban J connectivity index is 0.000000509. The van der Waals surface area contributed by atoms with Crippen LogP contribution in [0.3, 0.4) is 0 Å². The molecule has 0 saturated carbocycles. The average Bonchev–Trinajstić information content (AvgIpc) is 2.86. The quantitative estimate of drug-likeness (QED) is 0.312. The number of benzene rings is 3. The molecule has 2 heterocycles. The van der Waals surface area contributed by atoms with Gasteiger partial charge in [-0.3, -0.25) is 0 Å². The van der Waals surface area contributed by atoms with Gasteiger partial charge in [0, 0.05) is 32.6 Å². The number of fused-ring (bicyclic) bond motifs is 5. The van der Waals surface area contributed by atoms with E-state index in [1.54, 1.807) is 0 Å². The van der Waals surface area contributed by atoms with Crippen LogP contribution in [0.5, 0.6) is 23.0 Å². The maximum atomic E-state index is 7.00. The zero-order valence-corrected chi connectivity index (χ0v) is 18.9. The molecule has 4 heteroatoms. The van der Waals surface area contributed by atoms with E-state index in [1.807, 2.05) is 52.0 Å². The summed E-state index contributed by atoms with van der Waals surface area (Å²) < 4.78 is 12.3. The van der Waals surface area contributed by atoms with Crippen LogP contribution >= 0.6 is 0 Å². The summed E-state index contributed by atoms with van der Waals surface area (Å²) >= 11 is 0. The molecular weight excluding hydrogens is 376 g/mol. The van der Waals surface area contributed by atoms with Gasteiger partial charge < -0.3 is 19.7 Å². The van der Waals surface area contributed by atoms with Crippen LogP contribution in [-0.2, 0) is 12.8 Å². The minimum absolute atomic E-state index is 0.858. The summed E-state index contributed by atoms with van der Waals surface area (Å²) in [5.74, 6) is 3.80. The van der Waals surface area contributed by atoms with E-state index in [4.69, 9.17) is 19.7 Å². The molecule has 0 spiro atoms. The van der Waals surface area contributed by atoms with E-state index in [1.165, 1.54) is 16.7 Å². The second-order valence-electron chi connectivity index (χ2n) is 5.80. The molecule has 0 aliphatic carbocycles. The minimum Gasteiger partial charge on any atom is -0.457 e. The molecule has 0 unspecified atom stereocenters. The molecule has 0 aromatic heterocycles. The van der Waals surface area contributed by atoms with E-state index in [0.29, 0.717) is 0 Å². The van der Waals surface area contributed by atoms with Crippen LogP contribution in [0, 0.1) is 0 Å². The number of hydrogen-bond acceptors (Lipinski definition) is 4. The molecule has 2 N–H and O–H groups in total. The first-order valence-electron chi connectivity index (χ1n) is 10.4. The summed E-state index contributed by atoms with van der Waals surface area (Å²) in [4.78, 5) is 0.